The van der Waals surface area contributed by atoms with Crippen molar-refractivity contribution in [3.05, 3.63) is 21.0 Å². The van der Waals surface area contributed by atoms with Gasteiger partial charge in [-0.15, -0.1) is 0 Å². The molecule has 1 saturated heterocycles. The Kier molecular flexibility index (Phi) is 5.56. The van der Waals surface area contributed by atoms with Crippen LogP contribution in [0.3, 0.4) is 0 Å². The lowest BCUT2D eigenvalue weighted by Gasteiger charge is -2.27. The van der Waals surface area contributed by atoms with Gasteiger partial charge in [0.15, 0.2) is 0 Å². The molecule has 1 unspecified atom stereocenters. The molecule has 1 aromatic rings. The maximum Gasteiger partial charge on any atom is 0.283 e. The Bertz CT molecular complexity index is 500. The molecule has 7 heteroatoms. The molecule has 2 heterocycles. The van der Waals surface area contributed by atoms with E-state index in [1.807, 2.05) is 0 Å². The first kappa shape index (κ1) is 15.5. The summed E-state index contributed by atoms with van der Waals surface area (Å²) in [5.74, 6) is 0. The summed E-state index contributed by atoms with van der Waals surface area (Å²) in [5, 5.41) is 16.5. The van der Waals surface area contributed by atoms with Crippen molar-refractivity contribution in [2.75, 3.05) is 31.1 Å². The van der Waals surface area contributed by atoms with E-state index in [2.05, 4.69) is 38.2 Å². The summed E-state index contributed by atoms with van der Waals surface area (Å²) in [5.41, 5.74) is 0.620. The van der Waals surface area contributed by atoms with Gasteiger partial charge in [-0.2, -0.15) is 5.10 Å². The van der Waals surface area contributed by atoms with Crippen molar-refractivity contribution >= 4 is 21.6 Å². The second-order valence-electron chi connectivity index (χ2n) is 4.93. The Morgan fingerprint density at radius 1 is 1.65 bits per heavy atom. The van der Waals surface area contributed by atoms with Gasteiger partial charge in [0, 0.05) is 19.1 Å². The van der Waals surface area contributed by atoms with Gasteiger partial charge in [-0.3, -0.25) is 4.79 Å². The molecule has 1 atom stereocenters. The van der Waals surface area contributed by atoms with Crippen molar-refractivity contribution < 1.29 is 5.11 Å². The number of likely N-dealkylation sites (N-methyl/N-ethyl adjacent to an activating group) is 1. The number of hydrogen-bond acceptors (Lipinski definition) is 5. The first-order valence-electron chi connectivity index (χ1n) is 7.02. The molecule has 1 fully saturated rings. The molecule has 0 bridgehead atoms. The lowest BCUT2D eigenvalue weighted by atomic mass is 10.2. The van der Waals surface area contributed by atoms with Crippen molar-refractivity contribution in [2.45, 2.75) is 32.4 Å². The summed E-state index contributed by atoms with van der Waals surface area (Å²) in [6.07, 6.45) is 4.07. The van der Waals surface area contributed by atoms with Gasteiger partial charge in [0.1, 0.15) is 4.47 Å². The normalized spacial score (nSPS) is 18.4. The highest BCUT2D eigenvalue weighted by Gasteiger charge is 2.20. The van der Waals surface area contributed by atoms with E-state index in [0.29, 0.717) is 10.5 Å². The summed E-state index contributed by atoms with van der Waals surface area (Å²) in [4.78, 5) is 14.3. The SMILES string of the molecule is CCN(CC1CCCN1)c1cnn(CCO)c(=O)c1Br. The number of aliphatic hydroxyl groups excluding tert-OH is 1. The average molecular weight is 345 g/mol. The first-order chi connectivity index (χ1) is 9.67. The average Bonchev–Trinajstić information content (AvgIpc) is 2.95. The molecule has 2 N–H and O–H groups in total. The van der Waals surface area contributed by atoms with Crippen LogP contribution in [0.25, 0.3) is 0 Å². The molecule has 0 aromatic carbocycles. The number of halogens is 1. The van der Waals surface area contributed by atoms with Gasteiger partial charge < -0.3 is 15.3 Å². The first-order valence-corrected chi connectivity index (χ1v) is 7.81. The van der Waals surface area contributed by atoms with E-state index in [1.165, 1.54) is 17.5 Å². The van der Waals surface area contributed by atoms with Crippen LogP contribution in [0.2, 0.25) is 0 Å². The van der Waals surface area contributed by atoms with Crippen LogP contribution in [0.4, 0.5) is 5.69 Å². The maximum atomic E-state index is 12.1. The number of aliphatic hydroxyl groups is 1. The Hall–Kier alpha value is -0.920. The van der Waals surface area contributed by atoms with Crippen molar-refractivity contribution in [1.29, 1.82) is 0 Å². The van der Waals surface area contributed by atoms with Crippen molar-refractivity contribution in [2.24, 2.45) is 0 Å². The molecule has 1 aliphatic heterocycles. The van der Waals surface area contributed by atoms with E-state index in [0.717, 1.165) is 25.3 Å². The predicted octanol–water partition coefficient (Wildman–Crippen LogP) is 0.576. The fourth-order valence-corrected chi connectivity index (χ4v) is 3.07. The topological polar surface area (TPSA) is 70.4 Å². The Balaban J connectivity index is 2.20. The summed E-state index contributed by atoms with van der Waals surface area (Å²) in [6, 6.07) is 0.474. The number of nitrogens with one attached hydrogen (secondary N) is 1. The molecule has 0 radical (unpaired) electrons. The predicted molar refractivity (Wildman–Crippen MR) is 82.2 cm³/mol. The van der Waals surface area contributed by atoms with Gasteiger partial charge in [-0.25, -0.2) is 4.68 Å². The molecule has 0 aliphatic carbocycles. The summed E-state index contributed by atoms with van der Waals surface area (Å²) < 4.78 is 1.79. The summed E-state index contributed by atoms with van der Waals surface area (Å²) in [7, 11) is 0. The van der Waals surface area contributed by atoms with Gasteiger partial charge in [0.25, 0.3) is 5.56 Å². The highest BCUT2D eigenvalue weighted by atomic mass is 79.9. The van der Waals surface area contributed by atoms with Crippen LogP contribution < -0.4 is 15.8 Å². The largest absolute Gasteiger partial charge is 0.394 e. The van der Waals surface area contributed by atoms with Gasteiger partial charge >= 0.3 is 0 Å². The van der Waals surface area contributed by atoms with Crippen LogP contribution in [0, 0.1) is 0 Å². The number of anilines is 1. The van der Waals surface area contributed by atoms with E-state index < -0.39 is 0 Å². The molecular formula is C13H21BrN4O2. The third-order valence-electron chi connectivity index (χ3n) is 3.60. The monoisotopic (exact) mass is 344 g/mol. The second kappa shape index (κ2) is 7.19. The molecular weight excluding hydrogens is 324 g/mol. The van der Waals surface area contributed by atoms with Gasteiger partial charge in [0.05, 0.1) is 25.0 Å². The van der Waals surface area contributed by atoms with E-state index in [-0.39, 0.29) is 18.7 Å². The van der Waals surface area contributed by atoms with Crippen LogP contribution in [-0.2, 0) is 6.54 Å². The highest BCUT2D eigenvalue weighted by Crippen LogP contribution is 2.22. The Morgan fingerprint density at radius 2 is 2.45 bits per heavy atom. The highest BCUT2D eigenvalue weighted by molar-refractivity contribution is 9.10. The van der Waals surface area contributed by atoms with Crippen LogP contribution in [0.5, 0.6) is 0 Å². The molecule has 1 aromatic heterocycles. The van der Waals surface area contributed by atoms with E-state index in [9.17, 15) is 4.79 Å². The quantitative estimate of drug-likeness (QED) is 0.789. The smallest absolute Gasteiger partial charge is 0.283 e. The number of aromatic nitrogens is 2. The fraction of sp³-hybridized carbons (Fsp3) is 0.692. The molecule has 0 saturated carbocycles. The summed E-state index contributed by atoms with van der Waals surface area (Å²) in [6.45, 7) is 4.96. The molecule has 112 valence electrons. The van der Waals surface area contributed by atoms with Crippen LogP contribution in [-0.4, -0.2) is 47.2 Å². The number of hydrogen-bond donors (Lipinski definition) is 2. The third-order valence-corrected chi connectivity index (χ3v) is 4.35. The van der Waals surface area contributed by atoms with Gasteiger partial charge in [0.2, 0.25) is 0 Å². The molecule has 1 aliphatic rings. The zero-order valence-corrected chi connectivity index (χ0v) is 13.3. The number of rotatable bonds is 6. The lowest BCUT2D eigenvalue weighted by molar-refractivity contribution is 0.266. The second-order valence-corrected chi connectivity index (χ2v) is 5.72. The van der Waals surface area contributed by atoms with Gasteiger partial charge in [-0.05, 0) is 42.2 Å². The Morgan fingerprint density at radius 3 is 3.05 bits per heavy atom. The molecule has 6 nitrogen and oxygen atoms in total. The van der Waals surface area contributed by atoms with Gasteiger partial charge in [-0.1, -0.05) is 0 Å². The number of nitrogens with zero attached hydrogens (tertiary/aromatic N) is 3. The van der Waals surface area contributed by atoms with E-state index >= 15 is 0 Å². The van der Waals surface area contributed by atoms with Crippen LogP contribution >= 0.6 is 15.9 Å². The molecule has 0 spiro atoms. The van der Waals surface area contributed by atoms with Crippen LogP contribution in [0.15, 0.2) is 15.5 Å². The van der Waals surface area contributed by atoms with Crippen molar-refractivity contribution in [3.8, 4) is 0 Å². The third kappa shape index (κ3) is 3.39. The Labute approximate surface area is 126 Å². The van der Waals surface area contributed by atoms with E-state index in [1.54, 1.807) is 6.20 Å². The minimum absolute atomic E-state index is 0.0951. The van der Waals surface area contributed by atoms with E-state index in [4.69, 9.17) is 5.11 Å². The zero-order chi connectivity index (χ0) is 14.5. The minimum atomic E-state index is -0.200. The van der Waals surface area contributed by atoms with Crippen molar-refractivity contribution in [3.63, 3.8) is 0 Å². The minimum Gasteiger partial charge on any atom is -0.394 e. The van der Waals surface area contributed by atoms with Crippen molar-refractivity contribution in [1.82, 2.24) is 15.1 Å². The van der Waals surface area contributed by atoms with Crippen LogP contribution in [0.1, 0.15) is 19.8 Å². The summed E-state index contributed by atoms with van der Waals surface area (Å²) >= 11 is 3.37. The standard InChI is InChI=1S/C13H21BrN4O2/c1-2-17(9-10-4-3-5-15-10)11-8-16-18(6-7-19)13(20)12(11)14/h8,10,15,19H,2-7,9H2,1H3. The molecule has 0 amide bonds. The maximum absolute atomic E-state index is 12.1. The fourth-order valence-electron chi connectivity index (χ4n) is 2.51. The zero-order valence-electron chi connectivity index (χ0n) is 11.7. The molecule has 20 heavy (non-hydrogen) atoms. The molecule has 2 rings (SSSR count). The lowest BCUT2D eigenvalue weighted by Crippen LogP contribution is -2.39.